The summed E-state index contributed by atoms with van der Waals surface area (Å²) in [5, 5.41) is 0. The van der Waals surface area contributed by atoms with Crippen molar-refractivity contribution in [3.8, 4) is 0 Å². The maximum atomic E-state index is 6.03. The van der Waals surface area contributed by atoms with E-state index >= 15 is 0 Å². The molecule has 88 valence electrons. The molecule has 0 saturated heterocycles. The molecule has 0 aromatic rings. The van der Waals surface area contributed by atoms with Crippen molar-refractivity contribution >= 4 is 17.6 Å². The summed E-state index contributed by atoms with van der Waals surface area (Å²) in [6.45, 7) is 4.38. The quantitative estimate of drug-likeness (QED) is 0.431. The Hall–Kier alpha value is -0.180. The lowest BCUT2D eigenvalue weighted by Crippen LogP contribution is -2.23. The predicted molar refractivity (Wildman–Crippen MR) is 70.7 cm³/mol. The third kappa shape index (κ3) is 4.92. The molecule has 0 aromatic heterocycles. The van der Waals surface area contributed by atoms with Gasteiger partial charge >= 0.3 is 0 Å². The van der Waals surface area contributed by atoms with Gasteiger partial charge in [0.05, 0.1) is 5.84 Å². The fourth-order valence-corrected chi connectivity index (χ4v) is 2.84. The highest BCUT2D eigenvalue weighted by atomic mass is 32.2. The molecule has 2 nitrogen and oxygen atoms in total. The molecule has 1 aliphatic rings. The molecule has 2 N–H and O–H groups in total. The van der Waals surface area contributed by atoms with Gasteiger partial charge in [-0.05, 0) is 37.7 Å². The van der Waals surface area contributed by atoms with Crippen molar-refractivity contribution in [3.63, 3.8) is 0 Å². The summed E-state index contributed by atoms with van der Waals surface area (Å²) in [6.07, 6.45) is 6.34. The first-order valence-corrected chi connectivity index (χ1v) is 7.30. The van der Waals surface area contributed by atoms with Gasteiger partial charge in [0.25, 0.3) is 0 Å². The van der Waals surface area contributed by atoms with Gasteiger partial charge in [0, 0.05) is 12.0 Å². The molecule has 0 radical (unpaired) electrons. The smallest absolute Gasteiger partial charge is 0.0971 e. The second-order valence-corrected chi connectivity index (χ2v) is 5.76. The van der Waals surface area contributed by atoms with Crippen LogP contribution in [-0.4, -0.2) is 23.4 Å². The van der Waals surface area contributed by atoms with E-state index < -0.39 is 0 Å². The van der Waals surface area contributed by atoms with Crippen LogP contribution in [-0.2, 0) is 0 Å². The maximum Gasteiger partial charge on any atom is 0.0971 e. The average molecular weight is 228 g/mol. The van der Waals surface area contributed by atoms with Crippen molar-refractivity contribution in [3.05, 3.63) is 0 Å². The number of hydrogen-bond acceptors (Lipinski definition) is 2. The molecule has 0 aliphatic heterocycles. The first kappa shape index (κ1) is 12.9. The van der Waals surface area contributed by atoms with Crippen LogP contribution in [0.4, 0.5) is 0 Å². The van der Waals surface area contributed by atoms with Crippen molar-refractivity contribution in [2.45, 2.75) is 52.0 Å². The summed E-state index contributed by atoms with van der Waals surface area (Å²) in [4.78, 5) is 4.61. The van der Waals surface area contributed by atoms with E-state index in [9.17, 15) is 0 Å². The number of rotatable bonds is 6. The van der Waals surface area contributed by atoms with Gasteiger partial charge in [-0.2, -0.15) is 11.8 Å². The highest BCUT2D eigenvalue weighted by Crippen LogP contribution is 2.25. The molecule has 0 spiro atoms. The normalized spacial score (nSPS) is 20.8. The molecule has 15 heavy (non-hydrogen) atoms. The minimum absolute atomic E-state index is 0.407. The van der Waals surface area contributed by atoms with Gasteiger partial charge in [0.15, 0.2) is 0 Å². The molecule has 3 heteroatoms. The fourth-order valence-electron chi connectivity index (χ4n) is 2.04. The molecule has 0 aromatic carbocycles. The number of amidine groups is 1. The molecule has 1 fully saturated rings. The summed E-state index contributed by atoms with van der Waals surface area (Å²) in [5.74, 6) is 3.92. The zero-order chi connectivity index (χ0) is 11.1. The highest BCUT2D eigenvalue weighted by molar-refractivity contribution is 7.99. The van der Waals surface area contributed by atoms with Crippen molar-refractivity contribution in [2.75, 3.05) is 11.5 Å². The number of nitrogens with two attached hydrogens (primary N) is 1. The molecular weight excluding hydrogens is 204 g/mol. The lowest BCUT2D eigenvalue weighted by Gasteiger charge is -2.12. The van der Waals surface area contributed by atoms with Gasteiger partial charge in [-0.3, -0.25) is 4.99 Å². The zero-order valence-electron chi connectivity index (χ0n) is 10.0. The molecule has 1 atom stereocenters. The average Bonchev–Trinajstić information content (AvgIpc) is 2.70. The second-order valence-electron chi connectivity index (χ2n) is 4.37. The van der Waals surface area contributed by atoms with E-state index in [4.69, 9.17) is 5.73 Å². The van der Waals surface area contributed by atoms with Gasteiger partial charge in [0.1, 0.15) is 0 Å². The van der Waals surface area contributed by atoms with Crippen molar-refractivity contribution in [1.82, 2.24) is 0 Å². The number of nitrogens with zero attached hydrogens (tertiary/aromatic N) is 1. The number of thioether (sulfide) groups is 1. The lowest BCUT2D eigenvalue weighted by atomic mass is 10.1. The lowest BCUT2D eigenvalue weighted by molar-refractivity contribution is 0.676. The Bertz CT molecular complexity index is 198. The van der Waals surface area contributed by atoms with E-state index in [2.05, 4.69) is 18.8 Å². The number of aliphatic imine (C=N–C) groups is 1. The number of hydrogen-bond donors (Lipinski definition) is 1. The Morgan fingerprint density at radius 2 is 2.13 bits per heavy atom. The van der Waals surface area contributed by atoms with Crippen LogP contribution in [0.3, 0.4) is 0 Å². The van der Waals surface area contributed by atoms with Crippen LogP contribution >= 0.6 is 11.8 Å². The Balaban J connectivity index is 2.26. The minimum Gasteiger partial charge on any atom is -0.387 e. The third-order valence-electron chi connectivity index (χ3n) is 3.03. The van der Waals surface area contributed by atoms with Gasteiger partial charge in [-0.25, -0.2) is 0 Å². The van der Waals surface area contributed by atoms with Crippen LogP contribution in [0.5, 0.6) is 0 Å². The SMILES string of the molecule is CCSCCC(C)N=C(N)C1CCCC1. The van der Waals surface area contributed by atoms with E-state index in [1.165, 1.54) is 37.2 Å². The first-order valence-electron chi connectivity index (χ1n) is 6.15. The topological polar surface area (TPSA) is 38.4 Å². The Morgan fingerprint density at radius 1 is 1.47 bits per heavy atom. The summed E-state index contributed by atoms with van der Waals surface area (Å²) in [7, 11) is 0. The van der Waals surface area contributed by atoms with Crippen molar-refractivity contribution in [1.29, 1.82) is 0 Å². The summed E-state index contributed by atoms with van der Waals surface area (Å²) >= 11 is 1.99. The summed E-state index contributed by atoms with van der Waals surface area (Å²) in [5.41, 5.74) is 6.03. The molecule has 1 unspecified atom stereocenters. The molecule has 0 heterocycles. The second kappa shape index (κ2) is 7.15. The fraction of sp³-hybridized carbons (Fsp3) is 0.917. The van der Waals surface area contributed by atoms with E-state index in [1.54, 1.807) is 0 Å². The van der Waals surface area contributed by atoms with Crippen LogP contribution in [0.15, 0.2) is 4.99 Å². The molecule has 1 saturated carbocycles. The van der Waals surface area contributed by atoms with Crippen LogP contribution < -0.4 is 5.73 Å². The monoisotopic (exact) mass is 228 g/mol. The van der Waals surface area contributed by atoms with E-state index in [1.807, 2.05) is 11.8 Å². The van der Waals surface area contributed by atoms with Gasteiger partial charge in [-0.1, -0.05) is 19.8 Å². The van der Waals surface area contributed by atoms with Gasteiger partial charge in [-0.15, -0.1) is 0 Å². The van der Waals surface area contributed by atoms with Gasteiger partial charge in [0.2, 0.25) is 0 Å². The Labute approximate surface area is 98.1 Å². The van der Waals surface area contributed by atoms with Crippen LogP contribution in [0.2, 0.25) is 0 Å². The predicted octanol–water partition coefficient (Wildman–Crippen LogP) is 3.07. The summed E-state index contributed by atoms with van der Waals surface area (Å²) < 4.78 is 0. The Kier molecular flexibility index (Phi) is 6.15. The van der Waals surface area contributed by atoms with Crippen LogP contribution in [0.1, 0.15) is 46.0 Å². The van der Waals surface area contributed by atoms with E-state index in [0.717, 1.165) is 12.3 Å². The molecular formula is C12H24N2S. The van der Waals surface area contributed by atoms with Crippen molar-refractivity contribution < 1.29 is 0 Å². The van der Waals surface area contributed by atoms with Gasteiger partial charge < -0.3 is 5.73 Å². The van der Waals surface area contributed by atoms with Crippen LogP contribution in [0, 0.1) is 5.92 Å². The molecule has 1 rings (SSSR count). The summed E-state index contributed by atoms with van der Waals surface area (Å²) in [6, 6.07) is 0.407. The van der Waals surface area contributed by atoms with E-state index in [-0.39, 0.29) is 0 Å². The largest absolute Gasteiger partial charge is 0.387 e. The maximum absolute atomic E-state index is 6.03. The van der Waals surface area contributed by atoms with E-state index in [0.29, 0.717) is 12.0 Å². The zero-order valence-corrected chi connectivity index (χ0v) is 10.9. The third-order valence-corrected chi connectivity index (χ3v) is 3.96. The minimum atomic E-state index is 0.407. The molecule has 1 aliphatic carbocycles. The Morgan fingerprint density at radius 3 is 2.73 bits per heavy atom. The molecule has 0 bridgehead atoms. The standard InChI is InChI=1S/C12H24N2S/c1-3-15-9-8-10(2)14-12(13)11-6-4-5-7-11/h10-11H,3-9H2,1-2H3,(H2,13,14). The first-order chi connectivity index (χ1) is 7.24. The highest BCUT2D eigenvalue weighted by Gasteiger charge is 2.18. The molecule has 0 amide bonds. The van der Waals surface area contributed by atoms with Crippen LogP contribution in [0.25, 0.3) is 0 Å². The van der Waals surface area contributed by atoms with Crippen molar-refractivity contribution in [2.24, 2.45) is 16.6 Å².